The average molecular weight is 436 g/mol. The molecule has 29 heavy (non-hydrogen) atoms. The highest BCUT2D eigenvalue weighted by Crippen LogP contribution is 2.40. The molecule has 0 saturated heterocycles. The molecule has 0 aliphatic carbocycles. The second kappa shape index (κ2) is 9.07. The number of hydrogen-bond acceptors (Lipinski definition) is 5. The van der Waals surface area contributed by atoms with E-state index in [4.69, 9.17) is 37.4 Å². The molecule has 0 fully saturated rings. The number of ether oxygens (including phenoxy) is 3. The minimum atomic E-state index is -0.303. The zero-order chi connectivity index (χ0) is 21.0. The quantitative estimate of drug-likeness (QED) is 0.576. The molecule has 152 valence electrons. The first-order valence-electron chi connectivity index (χ1n) is 8.54. The molecule has 0 unspecified atom stereocenters. The van der Waals surface area contributed by atoms with Gasteiger partial charge in [0.2, 0.25) is 5.75 Å². The van der Waals surface area contributed by atoms with Crippen LogP contribution in [0.5, 0.6) is 17.2 Å². The van der Waals surface area contributed by atoms with E-state index in [9.17, 15) is 4.79 Å². The van der Waals surface area contributed by atoms with E-state index in [2.05, 4.69) is 15.5 Å². The molecule has 3 aromatic rings. The zero-order valence-corrected chi connectivity index (χ0v) is 17.5. The molecule has 0 bridgehead atoms. The molecule has 0 saturated carbocycles. The van der Waals surface area contributed by atoms with Crippen LogP contribution in [0.4, 0.5) is 0 Å². The van der Waals surface area contributed by atoms with Gasteiger partial charge in [-0.2, -0.15) is 5.10 Å². The molecule has 0 atom stereocenters. The van der Waals surface area contributed by atoms with E-state index in [1.54, 1.807) is 36.4 Å². The topological polar surface area (TPSA) is 85.5 Å². The molecule has 1 heterocycles. The highest BCUT2D eigenvalue weighted by atomic mass is 35.5. The lowest BCUT2D eigenvalue weighted by atomic mass is 10.1. The van der Waals surface area contributed by atoms with Gasteiger partial charge in [0.15, 0.2) is 11.5 Å². The molecule has 7 nitrogen and oxygen atoms in total. The Morgan fingerprint density at radius 3 is 2.28 bits per heavy atom. The fourth-order valence-corrected chi connectivity index (χ4v) is 3.06. The van der Waals surface area contributed by atoms with Gasteiger partial charge in [-0.15, -0.1) is 0 Å². The standard InChI is InChI=1S/C20H19Cl2N3O4/c1-27-17-7-12(8-18(28-2)19(17)29-3)15-9-16(25-24-15)20(26)23-10-11-4-5-13(21)14(22)6-11/h4-9H,10H2,1-3H3,(H,23,26)(H,24,25). The summed E-state index contributed by atoms with van der Waals surface area (Å²) in [6.07, 6.45) is 0. The average Bonchev–Trinajstić information content (AvgIpc) is 3.23. The molecule has 0 spiro atoms. The highest BCUT2D eigenvalue weighted by molar-refractivity contribution is 6.42. The lowest BCUT2D eigenvalue weighted by Crippen LogP contribution is -2.23. The zero-order valence-electron chi connectivity index (χ0n) is 16.0. The Kier molecular flexibility index (Phi) is 6.51. The largest absolute Gasteiger partial charge is 0.493 e. The van der Waals surface area contributed by atoms with Gasteiger partial charge in [0, 0.05) is 12.1 Å². The summed E-state index contributed by atoms with van der Waals surface area (Å²) in [4.78, 5) is 12.5. The van der Waals surface area contributed by atoms with Gasteiger partial charge in [-0.3, -0.25) is 9.89 Å². The summed E-state index contributed by atoms with van der Waals surface area (Å²) < 4.78 is 16.0. The SMILES string of the molecule is COc1cc(-c2cc(C(=O)NCc3ccc(Cl)c(Cl)c3)[nH]n2)cc(OC)c1OC. The molecule has 0 aliphatic heterocycles. The van der Waals surface area contributed by atoms with Crippen LogP contribution in [0, 0.1) is 0 Å². The number of rotatable bonds is 7. The molecule has 9 heteroatoms. The van der Waals surface area contributed by atoms with Crippen molar-refractivity contribution in [2.24, 2.45) is 0 Å². The van der Waals surface area contributed by atoms with Crippen LogP contribution < -0.4 is 19.5 Å². The summed E-state index contributed by atoms with van der Waals surface area (Å²) in [6, 6.07) is 10.3. The maximum Gasteiger partial charge on any atom is 0.269 e. The van der Waals surface area contributed by atoms with Crippen molar-refractivity contribution < 1.29 is 19.0 Å². The first kappa shape index (κ1) is 20.8. The van der Waals surface area contributed by atoms with E-state index in [1.165, 1.54) is 21.3 Å². The van der Waals surface area contributed by atoms with Gasteiger partial charge in [0.05, 0.1) is 37.1 Å². The first-order valence-corrected chi connectivity index (χ1v) is 9.30. The van der Waals surface area contributed by atoms with Crippen LogP contribution in [0.1, 0.15) is 16.1 Å². The number of nitrogens with one attached hydrogen (secondary N) is 2. The minimum absolute atomic E-state index is 0.300. The number of aromatic nitrogens is 2. The van der Waals surface area contributed by atoms with Gasteiger partial charge < -0.3 is 19.5 Å². The van der Waals surface area contributed by atoms with Crippen LogP contribution in [-0.4, -0.2) is 37.4 Å². The second-order valence-electron chi connectivity index (χ2n) is 6.01. The fraction of sp³-hybridized carbons (Fsp3) is 0.200. The van der Waals surface area contributed by atoms with Crippen molar-refractivity contribution in [1.29, 1.82) is 0 Å². The number of amides is 1. The third kappa shape index (κ3) is 4.58. The van der Waals surface area contributed by atoms with Gasteiger partial charge in [0.25, 0.3) is 5.91 Å². The van der Waals surface area contributed by atoms with E-state index >= 15 is 0 Å². The maximum atomic E-state index is 12.5. The van der Waals surface area contributed by atoms with Gasteiger partial charge >= 0.3 is 0 Å². The lowest BCUT2D eigenvalue weighted by Gasteiger charge is -2.13. The Hall–Kier alpha value is -2.90. The number of hydrogen-bond donors (Lipinski definition) is 2. The summed E-state index contributed by atoms with van der Waals surface area (Å²) >= 11 is 11.9. The summed E-state index contributed by atoms with van der Waals surface area (Å²) in [5, 5.41) is 10.7. The molecular weight excluding hydrogens is 417 g/mol. The van der Waals surface area contributed by atoms with Gasteiger partial charge in [-0.25, -0.2) is 0 Å². The van der Waals surface area contributed by atoms with Gasteiger partial charge in [-0.1, -0.05) is 29.3 Å². The van der Waals surface area contributed by atoms with Crippen molar-refractivity contribution in [2.75, 3.05) is 21.3 Å². The van der Waals surface area contributed by atoms with Crippen LogP contribution in [0.2, 0.25) is 10.0 Å². The summed E-state index contributed by atoms with van der Waals surface area (Å²) in [5.74, 6) is 1.17. The Labute approximate surface area is 177 Å². The van der Waals surface area contributed by atoms with Gasteiger partial charge in [0.1, 0.15) is 5.69 Å². The monoisotopic (exact) mass is 435 g/mol. The number of methoxy groups -OCH3 is 3. The second-order valence-corrected chi connectivity index (χ2v) is 6.83. The number of halogens is 2. The predicted molar refractivity (Wildman–Crippen MR) is 111 cm³/mol. The van der Waals surface area contributed by atoms with Gasteiger partial charge in [-0.05, 0) is 35.9 Å². The van der Waals surface area contributed by atoms with Crippen molar-refractivity contribution in [3.63, 3.8) is 0 Å². The Morgan fingerprint density at radius 2 is 1.69 bits per heavy atom. The van der Waals surface area contributed by atoms with E-state index in [-0.39, 0.29) is 5.91 Å². The van der Waals surface area contributed by atoms with E-state index in [1.807, 2.05) is 0 Å². The number of nitrogens with zero attached hydrogens (tertiary/aromatic N) is 1. The number of H-pyrrole nitrogens is 1. The first-order chi connectivity index (χ1) is 14.0. The van der Waals surface area contributed by atoms with Crippen molar-refractivity contribution in [3.8, 4) is 28.5 Å². The third-order valence-electron chi connectivity index (χ3n) is 4.22. The van der Waals surface area contributed by atoms with Crippen LogP contribution in [0.25, 0.3) is 11.3 Å². The van der Waals surface area contributed by atoms with Crippen molar-refractivity contribution >= 4 is 29.1 Å². The maximum absolute atomic E-state index is 12.5. The van der Waals surface area contributed by atoms with Crippen LogP contribution in [0.3, 0.4) is 0 Å². The number of benzene rings is 2. The molecular formula is C20H19Cl2N3O4. The van der Waals surface area contributed by atoms with E-state index in [0.717, 1.165) is 5.56 Å². The van der Waals surface area contributed by atoms with Crippen LogP contribution >= 0.6 is 23.2 Å². The van der Waals surface area contributed by atoms with E-state index in [0.29, 0.717) is 50.8 Å². The number of carbonyl (C=O) groups excluding carboxylic acids is 1. The molecule has 0 radical (unpaired) electrons. The smallest absolute Gasteiger partial charge is 0.269 e. The van der Waals surface area contributed by atoms with E-state index < -0.39 is 0 Å². The molecule has 2 N–H and O–H groups in total. The molecule has 2 aromatic carbocycles. The summed E-state index contributed by atoms with van der Waals surface area (Å²) in [7, 11) is 4.60. The number of aromatic amines is 1. The molecule has 3 rings (SSSR count). The summed E-state index contributed by atoms with van der Waals surface area (Å²) in [5.41, 5.74) is 2.41. The molecule has 0 aliphatic rings. The Morgan fingerprint density at radius 1 is 1.00 bits per heavy atom. The Bertz CT molecular complexity index is 1010. The number of carbonyl (C=O) groups is 1. The lowest BCUT2D eigenvalue weighted by molar-refractivity contribution is 0.0946. The Balaban J connectivity index is 1.77. The van der Waals surface area contributed by atoms with Crippen LogP contribution in [0.15, 0.2) is 36.4 Å². The third-order valence-corrected chi connectivity index (χ3v) is 4.96. The molecule has 1 amide bonds. The minimum Gasteiger partial charge on any atom is -0.493 e. The predicted octanol–water partition coefficient (Wildman–Crippen LogP) is 4.34. The van der Waals surface area contributed by atoms with Crippen molar-refractivity contribution in [2.45, 2.75) is 6.54 Å². The van der Waals surface area contributed by atoms with Crippen molar-refractivity contribution in [3.05, 3.63) is 57.7 Å². The van der Waals surface area contributed by atoms with Crippen molar-refractivity contribution in [1.82, 2.24) is 15.5 Å². The fourth-order valence-electron chi connectivity index (χ4n) is 2.74. The normalized spacial score (nSPS) is 10.5. The van der Waals surface area contributed by atoms with Crippen LogP contribution in [-0.2, 0) is 6.54 Å². The molecule has 1 aromatic heterocycles. The summed E-state index contributed by atoms with van der Waals surface area (Å²) in [6.45, 7) is 0.300. The highest BCUT2D eigenvalue weighted by Gasteiger charge is 2.17.